The van der Waals surface area contributed by atoms with Crippen LogP contribution >= 0.6 is 0 Å². The number of furan rings is 1. The number of aliphatic imine (C=N–C) groups is 1. The summed E-state index contributed by atoms with van der Waals surface area (Å²) in [5.74, 6) is 0.870. The Hall–Kier alpha value is -7.04. The lowest BCUT2D eigenvalue weighted by Gasteiger charge is -2.23. The highest BCUT2D eigenvalue weighted by Gasteiger charge is 2.21. The lowest BCUT2D eigenvalue weighted by molar-refractivity contribution is 0.673. The number of hydrogen-bond donors (Lipinski definition) is 1. The molecule has 4 heteroatoms. The van der Waals surface area contributed by atoms with Crippen LogP contribution in [0.15, 0.2) is 198 Å². The van der Waals surface area contributed by atoms with E-state index in [-0.39, 0.29) is 6.04 Å². The van der Waals surface area contributed by atoms with Crippen molar-refractivity contribution in [2.45, 2.75) is 6.04 Å². The molecule has 10 rings (SSSR count). The van der Waals surface area contributed by atoms with Crippen molar-refractivity contribution in [1.29, 1.82) is 0 Å². The summed E-state index contributed by atoms with van der Waals surface area (Å²) in [7, 11) is 0. The van der Waals surface area contributed by atoms with Crippen LogP contribution in [-0.2, 0) is 0 Å². The second kappa shape index (κ2) is 12.9. The number of pyridine rings is 1. The summed E-state index contributed by atoms with van der Waals surface area (Å²) in [4.78, 5) is 9.89. The highest BCUT2D eigenvalue weighted by atomic mass is 16.3. The molecule has 1 aliphatic rings. The minimum absolute atomic E-state index is 0.124. The minimum Gasteiger partial charge on any atom is -0.455 e. The number of rotatable bonds is 6. The van der Waals surface area contributed by atoms with Crippen LogP contribution in [0, 0.1) is 0 Å². The second-order valence-electron chi connectivity index (χ2n) is 13.4. The minimum atomic E-state index is -0.124. The molecular weight excluding hydrogens is 647 g/mol. The molecule has 0 bridgehead atoms. The predicted molar refractivity (Wildman–Crippen MR) is 219 cm³/mol. The number of hydrogen-bond acceptors (Lipinski definition) is 4. The van der Waals surface area contributed by atoms with E-state index in [1.165, 1.54) is 0 Å². The predicted octanol–water partition coefficient (Wildman–Crippen LogP) is 12.3. The van der Waals surface area contributed by atoms with E-state index >= 15 is 0 Å². The van der Waals surface area contributed by atoms with Crippen molar-refractivity contribution < 1.29 is 4.42 Å². The molecule has 0 amide bonds. The van der Waals surface area contributed by atoms with Gasteiger partial charge in [0.1, 0.15) is 17.0 Å². The molecule has 4 nitrogen and oxygen atoms in total. The van der Waals surface area contributed by atoms with Crippen LogP contribution in [0.3, 0.4) is 0 Å². The first kappa shape index (κ1) is 30.8. The number of amidine groups is 1. The Bertz CT molecular complexity index is 2780. The fraction of sp³-hybridized carbons (Fsp3) is 0.0204. The summed E-state index contributed by atoms with van der Waals surface area (Å²) in [6, 6.07) is 61.4. The second-order valence-corrected chi connectivity index (χ2v) is 13.4. The van der Waals surface area contributed by atoms with Crippen LogP contribution in [0.1, 0.15) is 22.7 Å². The molecule has 1 atom stereocenters. The third-order valence-electron chi connectivity index (χ3n) is 10.2. The highest BCUT2D eigenvalue weighted by molar-refractivity contribution is 6.22. The smallest absolute Gasteiger partial charge is 0.143 e. The first-order chi connectivity index (χ1) is 26.3. The van der Waals surface area contributed by atoms with Gasteiger partial charge in [-0.2, -0.15) is 0 Å². The summed E-state index contributed by atoms with van der Waals surface area (Å²) >= 11 is 0. The number of nitrogens with one attached hydrogen (secondary N) is 1. The van der Waals surface area contributed by atoms with Gasteiger partial charge >= 0.3 is 0 Å². The van der Waals surface area contributed by atoms with Gasteiger partial charge in [0, 0.05) is 39.2 Å². The van der Waals surface area contributed by atoms with Gasteiger partial charge in [-0.1, -0.05) is 146 Å². The van der Waals surface area contributed by atoms with Crippen molar-refractivity contribution in [3.63, 3.8) is 0 Å². The van der Waals surface area contributed by atoms with Gasteiger partial charge in [-0.05, 0) is 75.2 Å². The van der Waals surface area contributed by atoms with E-state index in [0.717, 1.165) is 94.4 Å². The standard InChI is InChI=1S/C49H33N3O/c1-3-13-33(14-4-1)44-31-45(52-49(51-44)35-15-5-2-6-16-35)34-26-24-32(25-27-34)36-17-11-18-37(29-36)38-21-12-23-46-47(38)42-30-41(43-22-9-10-28-50-43)39-19-7-8-20-40(39)48(42)53-46/h1-31,45H,(H,51,52). The van der Waals surface area contributed by atoms with Crippen molar-refractivity contribution in [3.05, 3.63) is 205 Å². The fourth-order valence-corrected chi connectivity index (χ4v) is 7.60. The maximum Gasteiger partial charge on any atom is 0.143 e. The van der Waals surface area contributed by atoms with Crippen molar-refractivity contribution in [1.82, 2.24) is 10.3 Å². The Morgan fingerprint density at radius 2 is 1.19 bits per heavy atom. The lowest BCUT2D eigenvalue weighted by atomic mass is 9.93. The zero-order chi connectivity index (χ0) is 35.1. The number of fused-ring (bicyclic) bond motifs is 5. The quantitative estimate of drug-likeness (QED) is 0.190. The van der Waals surface area contributed by atoms with E-state index in [9.17, 15) is 0 Å². The Morgan fingerprint density at radius 3 is 1.98 bits per heavy atom. The third-order valence-corrected chi connectivity index (χ3v) is 10.2. The molecule has 1 unspecified atom stereocenters. The van der Waals surface area contributed by atoms with E-state index in [4.69, 9.17) is 14.4 Å². The largest absolute Gasteiger partial charge is 0.455 e. The molecule has 53 heavy (non-hydrogen) atoms. The first-order valence-corrected chi connectivity index (χ1v) is 17.9. The molecule has 0 radical (unpaired) electrons. The third kappa shape index (κ3) is 5.58. The summed E-state index contributed by atoms with van der Waals surface area (Å²) in [6.45, 7) is 0. The first-order valence-electron chi connectivity index (χ1n) is 17.9. The van der Waals surface area contributed by atoms with Crippen molar-refractivity contribution in [3.8, 4) is 33.5 Å². The van der Waals surface area contributed by atoms with Gasteiger partial charge in [0.25, 0.3) is 0 Å². The lowest BCUT2D eigenvalue weighted by Crippen LogP contribution is -2.27. The molecule has 1 aliphatic heterocycles. The van der Waals surface area contributed by atoms with E-state index in [2.05, 4.69) is 163 Å². The molecule has 0 spiro atoms. The Morgan fingerprint density at radius 1 is 0.491 bits per heavy atom. The Kier molecular flexibility index (Phi) is 7.51. The van der Waals surface area contributed by atoms with Crippen LogP contribution in [-0.4, -0.2) is 10.8 Å². The van der Waals surface area contributed by atoms with Gasteiger partial charge in [0.2, 0.25) is 0 Å². The normalized spacial score (nSPS) is 14.2. The van der Waals surface area contributed by atoms with Crippen molar-refractivity contribution in [2.75, 3.05) is 0 Å². The molecule has 2 aromatic heterocycles. The van der Waals surface area contributed by atoms with E-state index in [1.54, 1.807) is 0 Å². The number of aromatic nitrogens is 1. The molecule has 3 heterocycles. The van der Waals surface area contributed by atoms with Crippen molar-refractivity contribution >= 4 is 44.2 Å². The zero-order valence-corrected chi connectivity index (χ0v) is 28.8. The monoisotopic (exact) mass is 679 g/mol. The van der Waals surface area contributed by atoms with Crippen LogP contribution < -0.4 is 5.32 Å². The van der Waals surface area contributed by atoms with E-state index < -0.39 is 0 Å². The molecular formula is C49H33N3O. The van der Waals surface area contributed by atoms with Crippen molar-refractivity contribution in [2.24, 2.45) is 4.99 Å². The maximum atomic E-state index is 6.64. The van der Waals surface area contributed by atoms with E-state index in [1.807, 2.05) is 30.5 Å². The maximum absolute atomic E-state index is 6.64. The van der Waals surface area contributed by atoms with Gasteiger partial charge in [-0.15, -0.1) is 0 Å². The van der Waals surface area contributed by atoms with Gasteiger partial charge in [0.05, 0.1) is 11.7 Å². The van der Waals surface area contributed by atoms with E-state index in [0.29, 0.717) is 0 Å². The Labute approximate surface area is 307 Å². The summed E-state index contributed by atoms with van der Waals surface area (Å²) in [5.41, 5.74) is 12.8. The van der Waals surface area contributed by atoms with Crippen LogP contribution in [0.25, 0.3) is 71.9 Å². The van der Waals surface area contributed by atoms with Gasteiger partial charge in [0.15, 0.2) is 0 Å². The Balaban J connectivity index is 1.04. The molecule has 9 aromatic rings. The summed E-state index contributed by atoms with van der Waals surface area (Å²) in [5, 5.41) is 8.00. The van der Waals surface area contributed by atoms with Crippen LogP contribution in [0.2, 0.25) is 0 Å². The van der Waals surface area contributed by atoms with Gasteiger partial charge < -0.3 is 9.73 Å². The van der Waals surface area contributed by atoms with Gasteiger partial charge in [-0.25, -0.2) is 0 Å². The average molecular weight is 680 g/mol. The van der Waals surface area contributed by atoms with Crippen LogP contribution in [0.4, 0.5) is 0 Å². The fourth-order valence-electron chi connectivity index (χ4n) is 7.60. The molecule has 0 aliphatic carbocycles. The van der Waals surface area contributed by atoms with Crippen LogP contribution in [0.5, 0.6) is 0 Å². The highest BCUT2D eigenvalue weighted by Crippen LogP contribution is 2.43. The number of nitrogens with zero attached hydrogens (tertiary/aromatic N) is 2. The van der Waals surface area contributed by atoms with Gasteiger partial charge in [-0.3, -0.25) is 9.98 Å². The summed E-state index contributed by atoms with van der Waals surface area (Å²) < 4.78 is 6.64. The SMILES string of the molecule is C1=C(c2ccccc2)NC(c2ccccc2)=NC1c1ccc(-c2cccc(-c3cccc4oc5c6ccccc6c(-c6ccccn6)cc5c34)c2)cc1. The summed E-state index contributed by atoms with van der Waals surface area (Å²) in [6.07, 6.45) is 4.07. The molecule has 0 saturated carbocycles. The molecule has 0 saturated heterocycles. The molecule has 7 aromatic carbocycles. The molecule has 1 N–H and O–H groups in total. The number of benzene rings is 7. The zero-order valence-electron chi connectivity index (χ0n) is 28.8. The molecule has 250 valence electrons. The topological polar surface area (TPSA) is 50.4 Å². The average Bonchev–Trinajstić information content (AvgIpc) is 3.63. The molecule has 0 fully saturated rings.